The van der Waals surface area contributed by atoms with E-state index >= 15 is 0 Å². The first-order chi connectivity index (χ1) is 12.5. The van der Waals surface area contributed by atoms with Gasteiger partial charge in [-0.05, 0) is 48.9 Å². The highest BCUT2D eigenvalue weighted by Crippen LogP contribution is 2.20. The van der Waals surface area contributed by atoms with Gasteiger partial charge in [-0.1, -0.05) is 12.1 Å². The van der Waals surface area contributed by atoms with E-state index in [0.717, 1.165) is 29.9 Å². The van der Waals surface area contributed by atoms with E-state index in [-0.39, 0.29) is 5.91 Å². The summed E-state index contributed by atoms with van der Waals surface area (Å²) in [6.07, 6.45) is 0.968. The second-order valence-corrected chi connectivity index (χ2v) is 6.12. The van der Waals surface area contributed by atoms with Gasteiger partial charge in [-0.3, -0.25) is 9.80 Å². The maximum atomic E-state index is 12.3. The van der Waals surface area contributed by atoms with Crippen LogP contribution in [0.1, 0.15) is 29.3 Å². The van der Waals surface area contributed by atoms with Crippen molar-refractivity contribution >= 4 is 29.0 Å². The standard InChI is InChI=1S/C19H21N5O2/c1-13-10-11-24(23-13)17-8-4-15(5-9-17)18(25)21-12-14-2-6-16(7-3-14)22-19(20)26/h2-9H,10-12H2,1H3,(H,21,25)(H3,20,22,26). The number of amides is 3. The van der Waals surface area contributed by atoms with Crippen LogP contribution in [0, 0.1) is 0 Å². The molecule has 4 N–H and O–H groups in total. The number of carbonyl (C=O) groups is 2. The van der Waals surface area contributed by atoms with E-state index in [4.69, 9.17) is 5.73 Å². The molecule has 0 atom stereocenters. The van der Waals surface area contributed by atoms with Crippen molar-refractivity contribution in [3.05, 3.63) is 59.7 Å². The highest BCUT2D eigenvalue weighted by atomic mass is 16.2. The van der Waals surface area contributed by atoms with Gasteiger partial charge < -0.3 is 16.4 Å². The van der Waals surface area contributed by atoms with Crippen LogP contribution in [0.4, 0.5) is 16.2 Å². The number of hydrogen-bond acceptors (Lipinski definition) is 4. The normalized spacial score (nSPS) is 13.3. The molecule has 3 rings (SSSR count). The van der Waals surface area contributed by atoms with Gasteiger partial charge in [-0.25, -0.2) is 4.79 Å². The summed E-state index contributed by atoms with van der Waals surface area (Å²) >= 11 is 0. The molecule has 1 aliphatic heterocycles. The monoisotopic (exact) mass is 351 g/mol. The van der Waals surface area contributed by atoms with Crippen molar-refractivity contribution in [3.8, 4) is 0 Å². The molecule has 26 heavy (non-hydrogen) atoms. The van der Waals surface area contributed by atoms with Crippen molar-refractivity contribution < 1.29 is 9.59 Å². The topological polar surface area (TPSA) is 99.8 Å². The lowest BCUT2D eigenvalue weighted by molar-refractivity contribution is 0.0951. The average Bonchev–Trinajstić information content (AvgIpc) is 3.07. The number of primary amides is 1. The molecule has 0 fully saturated rings. The SMILES string of the molecule is CC1=NN(c2ccc(C(=O)NCc3ccc(NC(N)=O)cc3)cc2)CC1. The van der Waals surface area contributed by atoms with Gasteiger partial charge in [0.2, 0.25) is 0 Å². The fraction of sp³-hybridized carbons (Fsp3) is 0.211. The van der Waals surface area contributed by atoms with Crippen molar-refractivity contribution in [3.63, 3.8) is 0 Å². The van der Waals surface area contributed by atoms with E-state index in [1.165, 1.54) is 0 Å². The molecular formula is C19H21N5O2. The molecule has 0 radical (unpaired) electrons. The third-order valence-electron chi connectivity index (χ3n) is 4.08. The molecule has 1 aliphatic rings. The summed E-state index contributed by atoms with van der Waals surface area (Å²) in [5, 5.41) is 11.8. The third-order valence-corrected chi connectivity index (χ3v) is 4.08. The minimum atomic E-state index is -0.607. The molecule has 1 heterocycles. The molecule has 0 spiro atoms. The Balaban J connectivity index is 1.55. The maximum absolute atomic E-state index is 12.3. The number of hydrogen-bond donors (Lipinski definition) is 3. The van der Waals surface area contributed by atoms with E-state index in [1.54, 1.807) is 24.3 Å². The van der Waals surface area contributed by atoms with Crippen LogP contribution in [0.15, 0.2) is 53.6 Å². The number of carbonyl (C=O) groups excluding carboxylic acids is 2. The van der Waals surface area contributed by atoms with Crippen LogP contribution < -0.4 is 21.4 Å². The number of hydrazone groups is 1. The van der Waals surface area contributed by atoms with Gasteiger partial charge >= 0.3 is 6.03 Å². The number of urea groups is 1. The Morgan fingerprint density at radius 2 is 1.81 bits per heavy atom. The number of nitrogens with one attached hydrogen (secondary N) is 2. The lowest BCUT2D eigenvalue weighted by Gasteiger charge is -2.14. The molecule has 2 aromatic carbocycles. The summed E-state index contributed by atoms with van der Waals surface area (Å²) in [5.41, 5.74) is 9.30. The molecule has 0 aliphatic carbocycles. The predicted molar refractivity (Wildman–Crippen MR) is 102 cm³/mol. The van der Waals surface area contributed by atoms with E-state index in [2.05, 4.69) is 15.7 Å². The summed E-state index contributed by atoms with van der Waals surface area (Å²) in [5.74, 6) is -0.142. The van der Waals surface area contributed by atoms with E-state index in [9.17, 15) is 9.59 Å². The van der Waals surface area contributed by atoms with Gasteiger partial charge in [0.1, 0.15) is 0 Å². The largest absolute Gasteiger partial charge is 0.351 e. The van der Waals surface area contributed by atoms with Crippen LogP contribution in [0.2, 0.25) is 0 Å². The number of anilines is 2. The van der Waals surface area contributed by atoms with Gasteiger partial charge in [-0.2, -0.15) is 5.10 Å². The zero-order valence-electron chi connectivity index (χ0n) is 14.5. The van der Waals surface area contributed by atoms with E-state index < -0.39 is 6.03 Å². The van der Waals surface area contributed by atoms with Gasteiger partial charge in [0.05, 0.1) is 5.69 Å². The zero-order chi connectivity index (χ0) is 18.5. The molecule has 7 nitrogen and oxygen atoms in total. The second-order valence-electron chi connectivity index (χ2n) is 6.12. The lowest BCUT2D eigenvalue weighted by atomic mass is 10.1. The van der Waals surface area contributed by atoms with Crippen LogP contribution in [0.3, 0.4) is 0 Å². The molecule has 0 bridgehead atoms. The maximum Gasteiger partial charge on any atom is 0.316 e. The summed E-state index contributed by atoms with van der Waals surface area (Å²) in [6, 6.07) is 13.9. The molecule has 0 saturated heterocycles. The van der Waals surface area contributed by atoms with Gasteiger partial charge in [0, 0.05) is 36.5 Å². The lowest BCUT2D eigenvalue weighted by Crippen LogP contribution is -2.23. The Kier molecular flexibility index (Phi) is 5.17. The van der Waals surface area contributed by atoms with Crippen molar-refractivity contribution in [1.82, 2.24) is 5.32 Å². The van der Waals surface area contributed by atoms with E-state index in [1.807, 2.05) is 36.2 Å². The second kappa shape index (κ2) is 7.69. The Bertz CT molecular complexity index is 828. The van der Waals surface area contributed by atoms with Gasteiger partial charge in [-0.15, -0.1) is 0 Å². The molecular weight excluding hydrogens is 330 g/mol. The molecule has 7 heteroatoms. The third kappa shape index (κ3) is 4.38. The summed E-state index contributed by atoms with van der Waals surface area (Å²) in [4.78, 5) is 23.1. The van der Waals surface area contributed by atoms with Crippen LogP contribution in [-0.2, 0) is 6.54 Å². The van der Waals surface area contributed by atoms with Crippen LogP contribution in [0.25, 0.3) is 0 Å². The zero-order valence-corrected chi connectivity index (χ0v) is 14.5. The number of nitrogens with zero attached hydrogens (tertiary/aromatic N) is 2. The number of rotatable bonds is 5. The first kappa shape index (κ1) is 17.5. The first-order valence-electron chi connectivity index (χ1n) is 8.36. The molecule has 134 valence electrons. The average molecular weight is 351 g/mol. The van der Waals surface area contributed by atoms with Crippen LogP contribution >= 0.6 is 0 Å². The van der Waals surface area contributed by atoms with E-state index in [0.29, 0.717) is 17.8 Å². The summed E-state index contributed by atoms with van der Waals surface area (Å²) < 4.78 is 0. The van der Waals surface area contributed by atoms with Crippen molar-refractivity contribution in [2.75, 3.05) is 16.9 Å². The molecule has 3 amide bonds. The minimum absolute atomic E-state index is 0.142. The fourth-order valence-corrected chi connectivity index (χ4v) is 2.68. The Labute approximate surface area is 151 Å². The summed E-state index contributed by atoms with van der Waals surface area (Å²) in [6.45, 7) is 3.28. The quantitative estimate of drug-likeness (QED) is 0.772. The Morgan fingerprint density at radius 1 is 1.12 bits per heavy atom. The highest BCUT2D eigenvalue weighted by molar-refractivity contribution is 5.94. The fourth-order valence-electron chi connectivity index (χ4n) is 2.68. The molecule has 0 aromatic heterocycles. The number of nitrogens with two attached hydrogens (primary N) is 1. The van der Waals surface area contributed by atoms with Gasteiger partial charge in [0.25, 0.3) is 5.91 Å². The molecule has 0 saturated carbocycles. The Hall–Kier alpha value is -3.35. The van der Waals surface area contributed by atoms with Crippen LogP contribution in [0.5, 0.6) is 0 Å². The molecule has 0 unspecified atom stereocenters. The summed E-state index contributed by atoms with van der Waals surface area (Å²) in [7, 11) is 0. The molecule has 2 aromatic rings. The van der Waals surface area contributed by atoms with Gasteiger partial charge in [0.15, 0.2) is 0 Å². The highest BCUT2D eigenvalue weighted by Gasteiger charge is 2.13. The van der Waals surface area contributed by atoms with Crippen molar-refractivity contribution in [2.24, 2.45) is 10.8 Å². The minimum Gasteiger partial charge on any atom is -0.351 e. The number of benzene rings is 2. The first-order valence-corrected chi connectivity index (χ1v) is 8.36. The smallest absolute Gasteiger partial charge is 0.316 e. The van der Waals surface area contributed by atoms with Crippen molar-refractivity contribution in [2.45, 2.75) is 19.9 Å². The Morgan fingerprint density at radius 3 is 2.38 bits per heavy atom. The van der Waals surface area contributed by atoms with Crippen LogP contribution in [-0.4, -0.2) is 24.2 Å². The predicted octanol–water partition coefficient (Wildman–Crippen LogP) is 2.69. The van der Waals surface area contributed by atoms with Crippen molar-refractivity contribution in [1.29, 1.82) is 0 Å².